The van der Waals surface area contributed by atoms with Crippen LogP contribution in [-0.2, 0) is 16.9 Å². The van der Waals surface area contributed by atoms with Crippen LogP contribution >= 0.6 is 35.3 Å². The standard InChI is InChI=1S/C23H32N4O3S.HI/c1-3-24-22(27-16-23(2,29)19-9-11-31-15-19)26-13-17-6-4-7-18(12-17)21(28)25-14-20-8-5-10-30-20;/h4,6-7,9,11-12,15,20,29H,3,5,8,10,13-14,16H2,1-2H3,(H,25,28)(H2,24,26,27);1H. The number of amides is 1. The van der Waals surface area contributed by atoms with Crippen LogP contribution in [0.5, 0.6) is 0 Å². The molecule has 4 N–H and O–H groups in total. The van der Waals surface area contributed by atoms with Crippen molar-refractivity contribution < 1.29 is 14.6 Å². The average molecular weight is 573 g/mol. The number of hydrogen-bond donors (Lipinski definition) is 4. The summed E-state index contributed by atoms with van der Waals surface area (Å²) in [5.74, 6) is 0.518. The van der Waals surface area contributed by atoms with Gasteiger partial charge in [-0.05, 0) is 66.8 Å². The average Bonchev–Trinajstić information content (AvgIpc) is 3.49. The van der Waals surface area contributed by atoms with Gasteiger partial charge in [-0.25, -0.2) is 4.99 Å². The van der Waals surface area contributed by atoms with E-state index >= 15 is 0 Å². The Morgan fingerprint density at radius 3 is 2.84 bits per heavy atom. The molecule has 2 unspecified atom stereocenters. The summed E-state index contributed by atoms with van der Waals surface area (Å²) in [7, 11) is 0. The number of hydrogen-bond acceptors (Lipinski definition) is 5. The maximum absolute atomic E-state index is 12.5. The van der Waals surface area contributed by atoms with Gasteiger partial charge in [0.1, 0.15) is 5.60 Å². The quantitative estimate of drug-likeness (QED) is 0.210. The van der Waals surface area contributed by atoms with E-state index in [1.807, 2.05) is 41.9 Å². The molecule has 1 amide bonds. The largest absolute Gasteiger partial charge is 0.384 e. The van der Waals surface area contributed by atoms with Crippen molar-refractivity contribution in [2.45, 2.75) is 44.9 Å². The van der Waals surface area contributed by atoms with Crippen molar-refractivity contribution in [3.63, 3.8) is 0 Å². The maximum Gasteiger partial charge on any atom is 0.251 e. The second-order valence-electron chi connectivity index (χ2n) is 7.88. The third-order valence-corrected chi connectivity index (χ3v) is 5.89. The summed E-state index contributed by atoms with van der Waals surface area (Å²) >= 11 is 1.56. The number of aliphatic hydroxyl groups is 1. The lowest BCUT2D eigenvalue weighted by atomic mass is 9.99. The van der Waals surface area contributed by atoms with Gasteiger partial charge in [0.25, 0.3) is 5.91 Å². The zero-order valence-corrected chi connectivity index (χ0v) is 21.7. The number of thiophene rings is 1. The number of rotatable bonds is 9. The summed E-state index contributed by atoms with van der Waals surface area (Å²) in [6.07, 6.45) is 2.17. The van der Waals surface area contributed by atoms with Crippen molar-refractivity contribution in [1.29, 1.82) is 0 Å². The Bertz CT molecular complexity index is 868. The van der Waals surface area contributed by atoms with Gasteiger partial charge in [-0.1, -0.05) is 12.1 Å². The van der Waals surface area contributed by atoms with Crippen molar-refractivity contribution in [2.24, 2.45) is 4.99 Å². The van der Waals surface area contributed by atoms with Gasteiger partial charge < -0.3 is 25.8 Å². The fraction of sp³-hybridized carbons (Fsp3) is 0.478. The van der Waals surface area contributed by atoms with Crippen LogP contribution in [0.2, 0.25) is 0 Å². The Morgan fingerprint density at radius 1 is 1.31 bits per heavy atom. The summed E-state index contributed by atoms with van der Waals surface area (Å²) in [5, 5.41) is 24.0. The number of carbonyl (C=O) groups excluding carboxylic acids is 1. The van der Waals surface area contributed by atoms with Crippen molar-refractivity contribution in [1.82, 2.24) is 16.0 Å². The molecule has 0 radical (unpaired) electrons. The van der Waals surface area contributed by atoms with Gasteiger partial charge in [-0.15, -0.1) is 24.0 Å². The molecule has 2 heterocycles. The van der Waals surface area contributed by atoms with Crippen LogP contribution < -0.4 is 16.0 Å². The third-order valence-electron chi connectivity index (χ3n) is 5.21. The zero-order chi connectivity index (χ0) is 22.1. The van der Waals surface area contributed by atoms with Crippen molar-refractivity contribution >= 4 is 47.2 Å². The highest BCUT2D eigenvalue weighted by molar-refractivity contribution is 14.0. The molecule has 3 rings (SSSR count). The molecule has 1 aromatic heterocycles. The van der Waals surface area contributed by atoms with E-state index < -0.39 is 5.60 Å². The van der Waals surface area contributed by atoms with E-state index in [9.17, 15) is 9.90 Å². The summed E-state index contributed by atoms with van der Waals surface area (Å²) in [4.78, 5) is 17.1. The Morgan fingerprint density at radius 2 is 2.16 bits per heavy atom. The van der Waals surface area contributed by atoms with E-state index in [0.717, 1.165) is 30.6 Å². The molecule has 176 valence electrons. The Balaban J connectivity index is 0.00000363. The minimum absolute atomic E-state index is 0. The molecule has 0 saturated carbocycles. The number of nitrogens with zero attached hydrogens (tertiary/aromatic N) is 1. The van der Waals surface area contributed by atoms with Gasteiger partial charge in [0.2, 0.25) is 0 Å². The zero-order valence-electron chi connectivity index (χ0n) is 18.6. The summed E-state index contributed by atoms with van der Waals surface area (Å²) in [6, 6.07) is 9.41. The molecular formula is C23H33IN4O3S. The van der Waals surface area contributed by atoms with Gasteiger partial charge in [0, 0.05) is 25.3 Å². The smallest absolute Gasteiger partial charge is 0.251 e. The van der Waals surface area contributed by atoms with E-state index in [1.165, 1.54) is 0 Å². The van der Waals surface area contributed by atoms with Gasteiger partial charge in [0.15, 0.2) is 5.96 Å². The van der Waals surface area contributed by atoms with Crippen molar-refractivity contribution in [2.75, 3.05) is 26.2 Å². The normalized spacial score (nSPS) is 17.8. The van der Waals surface area contributed by atoms with Crippen LogP contribution in [0.4, 0.5) is 0 Å². The summed E-state index contributed by atoms with van der Waals surface area (Å²) < 4.78 is 5.56. The fourth-order valence-electron chi connectivity index (χ4n) is 3.37. The first-order chi connectivity index (χ1) is 15.0. The Kier molecular flexibility index (Phi) is 10.9. The summed E-state index contributed by atoms with van der Waals surface area (Å²) in [6.45, 7) is 6.55. The number of guanidine groups is 1. The molecule has 0 aliphatic carbocycles. The van der Waals surface area contributed by atoms with Crippen LogP contribution in [-0.4, -0.2) is 49.3 Å². The van der Waals surface area contributed by atoms with Crippen LogP contribution in [0.1, 0.15) is 48.2 Å². The first-order valence-electron chi connectivity index (χ1n) is 10.7. The van der Waals surface area contributed by atoms with Crippen LogP contribution in [0.25, 0.3) is 0 Å². The van der Waals surface area contributed by atoms with Crippen LogP contribution in [0.15, 0.2) is 46.1 Å². The predicted molar refractivity (Wildman–Crippen MR) is 140 cm³/mol. The van der Waals surface area contributed by atoms with E-state index in [1.54, 1.807) is 24.3 Å². The fourth-order valence-corrected chi connectivity index (χ4v) is 4.15. The lowest BCUT2D eigenvalue weighted by Gasteiger charge is -2.24. The van der Waals surface area contributed by atoms with Crippen molar-refractivity contribution in [3.8, 4) is 0 Å². The maximum atomic E-state index is 12.5. The van der Waals surface area contributed by atoms with Gasteiger partial charge in [-0.2, -0.15) is 11.3 Å². The highest BCUT2D eigenvalue weighted by Gasteiger charge is 2.23. The molecule has 7 nitrogen and oxygen atoms in total. The molecule has 9 heteroatoms. The lowest BCUT2D eigenvalue weighted by molar-refractivity contribution is 0.0621. The SMILES string of the molecule is CCNC(=NCc1cccc(C(=O)NCC2CCCO2)c1)NCC(C)(O)c1ccsc1.I. The summed E-state index contributed by atoms with van der Waals surface area (Å²) in [5.41, 5.74) is 1.44. The third kappa shape index (κ3) is 8.02. The minimum atomic E-state index is -0.989. The number of nitrogens with one attached hydrogen (secondary N) is 3. The van der Waals surface area contributed by atoms with E-state index in [0.29, 0.717) is 37.7 Å². The molecule has 0 bridgehead atoms. The lowest BCUT2D eigenvalue weighted by Crippen LogP contribution is -2.44. The predicted octanol–water partition coefficient (Wildman–Crippen LogP) is 3.24. The number of halogens is 1. The second kappa shape index (κ2) is 13.1. The monoisotopic (exact) mass is 572 g/mol. The molecule has 1 aliphatic rings. The van der Waals surface area contributed by atoms with Gasteiger partial charge in [-0.3, -0.25) is 4.79 Å². The molecular weight excluding hydrogens is 539 g/mol. The highest BCUT2D eigenvalue weighted by Crippen LogP contribution is 2.22. The molecule has 0 spiro atoms. The van der Waals surface area contributed by atoms with Crippen LogP contribution in [0, 0.1) is 0 Å². The topological polar surface area (TPSA) is 95.0 Å². The number of carbonyl (C=O) groups is 1. The van der Waals surface area contributed by atoms with Gasteiger partial charge >= 0.3 is 0 Å². The molecule has 1 fully saturated rings. The van der Waals surface area contributed by atoms with Crippen molar-refractivity contribution in [3.05, 3.63) is 57.8 Å². The van der Waals surface area contributed by atoms with E-state index in [4.69, 9.17) is 4.74 Å². The van der Waals surface area contributed by atoms with Gasteiger partial charge in [0.05, 0.1) is 19.2 Å². The molecule has 2 aromatic rings. The van der Waals surface area contributed by atoms with Crippen LogP contribution in [0.3, 0.4) is 0 Å². The minimum Gasteiger partial charge on any atom is -0.384 e. The number of ether oxygens (including phenoxy) is 1. The first kappa shape index (κ1) is 26.6. The Hall–Kier alpha value is -1.69. The van der Waals surface area contributed by atoms with E-state index in [-0.39, 0.29) is 36.0 Å². The van der Waals surface area contributed by atoms with E-state index in [2.05, 4.69) is 20.9 Å². The molecule has 2 atom stereocenters. The first-order valence-corrected chi connectivity index (χ1v) is 11.7. The number of benzene rings is 1. The molecule has 1 saturated heterocycles. The molecule has 1 aliphatic heterocycles. The second-order valence-corrected chi connectivity index (χ2v) is 8.66. The Labute approximate surface area is 211 Å². The molecule has 32 heavy (non-hydrogen) atoms. The molecule has 1 aromatic carbocycles. The number of aliphatic imine (C=N–C) groups is 1. The highest BCUT2D eigenvalue weighted by atomic mass is 127.